The molecule has 6 heteroatoms. The van der Waals surface area contributed by atoms with Crippen molar-refractivity contribution < 1.29 is 4.42 Å². The van der Waals surface area contributed by atoms with Gasteiger partial charge in [0.2, 0.25) is 0 Å². The molecule has 0 N–H and O–H groups in total. The normalized spacial score (nSPS) is 11.9. The summed E-state index contributed by atoms with van der Waals surface area (Å²) in [6.07, 6.45) is 0. The molecular weight excluding hydrogens is 765 g/mol. The molecule has 13 aromatic rings. The first kappa shape index (κ1) is 34.0. The van der Waals surface area contributed by atoms with Crippen LogP contribution in [0.4, 0.5) is 0 Å². The molecule has 5 nitrogen and oxygen atoms in total. The summed E-state index contributed by atoms with van der Waals surface area (Å²) in [5.41, 5.74) is 9.70. The second-order valence-corrected chi connectivity index (χ2v) is 16.7. The van der Waals surface area contributed by atoms with Crippen LogP contribution >= 0.6 is 11.3 Å². The molecule has 4 heterocycles. The van der Waals surface area contributed by atoms with Crippen LogP contribution in [0.3, 0.4) is 0 Å². The number of nitrogens with zero attached hydrogens (tertiary/aromatic N) is 4. The van der Waals surface area contributed by atoms with Gasteiger partial charge in [0, 0.05) is 64.5 Å². The Morgan fingerprint density at radius 3 is 1.90 bits per heavy atom. The summed E-state index contributed by atoms with van der Waals surface area (Å²) >= 11 is 1.80. The first-order valence-electron chi connectivity index (χ1n) is 20.4. The van der Waals surface area contributed by atoms with E-state index in [1.807, 2.05) is 18.2 Å². The van der Waals surface area contributed by atoms with Gasteiger partial charge in [-0.05, 0) is 82.6 Å². The third kappa shape index (κ3) is 5.43. The van der Waals surface area contributed by atoms with Crippen molar-refractivity contribution in [1.29, 1.82) is 0 Å². The Morgan fingerprint density at radius 1 is 0.377 bits per heavy atom. The quantitative estimate of drug-likeness (QED) is 0.174. The molecule has 0 atom stereocenters. The predicted molar refractivity (Wildman–Crippen MR) is 254 cm³/mol. The van der Waals surface area contributed by atoms with Gasteiger partial charge in [-0.25, -0.2) is 15.0 Å². The fraction of sp³-hybridized carbons (Fsp3) is 0. The van der Waals surface area contributed by atoms with Crippen molar-refractivity contribution in [2.75, 3.05) is 0 Å². The number of fused-ring (bicyclic) bond motifs is 10. The second-order valence-electron chi connectivity index (χ2n) is 15.6. The standard InChI is InChI=1S/C55H32N4OS/c1-2-13-33(14-3-1)34-17-12-18-37(27-34)53-56-54(38-25-26-51-44(29-38)41-20-8-11-24-50(41)61-51)58-55(57-53)45-31-39(32-49-52(45)42-21-7-10-23-48(42)60-49)59-46-22-9-6-19-40(46)43-28-35-15-4-5-16-36(35)30-47(43)59/h1-32H. The highest BCUT2D eigenvalue weighted by atomic mass is 32.1. The lowest BCUT2D eigenvalue weighted by atomic mass is 10.0. The molecule has 0 aliphatic rings. The van der Waals surface area contributed by atoms with E-state index in [0.29, 0.717) is 17.5 Å². The number of furan rings is 1. The number of hydrogen-bond acceptors (Lipinski definition) is 5. The second kappa shape index (κ2) is 13.3. The Hall–Kier alpha value is -7.93. The van der Waals surface area contributed by atoms with E-state index in [0.717, 1.165) is 66.5 Å². The van der Waals surface area contributed by atoms with Gasteiger partial charge in [-0.15, -0.1) is 11.3 Å². The summed E-state index contributed by atoms with van der Waals surface area (Å²) in [5, 5.41) is 9.17. The smallest absolute Gasteiger partial charge is 0.164 e. The zero-order chi connectivity index (χ0) is 40.0. The third-order valence-electron chi connectivity index (χ3n) is 12.0. The van der Waals surface area contributed by atoms with Crippen LogP contribution in [0, 0.1) is 0 Å². The van der Waals surface area contributed by atoms with E-state index in [9.17, 15) is 0 Å². The summed E-state index contributed by atoms with van der Waals surface area (Å²) in [4.78, 5) is 16.1. The number of benzene rings is 9. The van der Waals surface area contributed by atoms with Gasteiger partial charge in [-0.1, -0.05) is 127 Å². The highest BCUT2D eigenvalue weighted by Gasteiger charge is 2.22. The van der Waals surface area contributed by atoms with Crippen molar-refractivity contribution in [2.45, 2.75) is 0 Å². The monoisotopic (exact) mass is 796 g/mol. The van der Waals surface area contributed by atoms with E-state index < -0.39 is 0 Å². The van der Waals surface area contributed by atoms with E-state index in [1.54, 1.807) is 11.3 Å². The SMILES string of the molecule is c1ccc(-c2cccc(-c3nc(-c4ccc5sc6ccccc6c5c4)nc(-c4cc(-n5c6ccccc6c6cc7ccccc7cc65)cc5oc6ccccc6c45)n3)c2)cc1. The van der Waals surface area contributed by atoms with Crippen LogP contribution in [-0.2, 0) is 0 Å². The molecule has 0 radical (unpaired) electrons. The molecule has 61 heavy (non-hydrogen) atoms. The molecule has 9 aromatic carbocycles. The average Bonchev–Trinajstić information content (AvgIpc) is 3.99. The molecule has 0 spiro atoms. The highest BCUT2D eigenvalue weighted by Crippen LogP contribution is 2.42. The Bertz CT molecular complexity index is 3900. The molecular formula is C55H32N4OS. The first-order valence-corrected chi connectivity index (χ1v) is 21.2. The largest absolute Gasteiger partial charge is 0.456 e. The van der Waals surface area contributed by atoms with Gasteiger partial charge in [0.15, 0.2) is 17.5 Å². The summed E-state index contributed by atoms with van der Waals surface area (Å²) in [7, 11) is 0. The van der Waals surface area contributed by atoms with Crippen molar-refractivity contribution in [3.8, 4) is 51.0 Å². The van der Waals surface area contributed by atoms with Crippen molar-refractivity contribution in [3.63, 3.8) is 0 Å². The molecule has 284 valence electrons. The van der Waals surface area contributed by atoms with Crippen LogP contribution in [0.1, 0.15) is 0 Å². The molecule has 0 bridgehead atoms. The lowest BCUT2D eigenvalue weighted by Crippen LogP contribution is -2.02. The Labute approximate surface area is 353 Å². The van der Waals surface area contributed by atoms with Gasteiger partial charge in [0.1, 0.15) is 11.2 Å². The predicted octanol–water partition coefficient (Wildman–Crippen LogP) is 15.1. The van der Waals surface area contributed by atoms with E-state index in [2.05, 4.69) is 180 Å². The lowest BCUT2D eigenvalue weighted by molar-refractivity contribution is 0.668. The van der Waals surface area contributed by atoms with Gasteiger partial charge in [-0.3, -0.25) is 0 Å². The average molecular weight is 797 g/mol. The minimum absolute atomic E-state index is 0.574. The molecule has 13 rings (SSSR count). The Kier molecular flexibility index (Phi) is 7.41. The molecule has 0 fully saturated rings. The summed E-state index contributed by atoms with van der Waals surface area (Å²) in [6, 6.07) is 68.6. The maximum atomic E-state index is 6.74. The summed E-state index contributed by atoms with van der Waals surface area (Å²) in [5.74, 6) is 1.78. The first-order chi connectivity index (χ1) is 30.2. The topological polar surface area (TPSA) is 56.7 Å². The zero-order valence-electron chi connectivity index (χ0n) is 32.6. The molecule has 0 unspecified atom stereocenters. The van der Waals surface area contributed by atoms with E-state index >= 15 is 0 Å². The molecule has 0 aliphatic heterocycles. The molecule has 0 saturated heterocycles. The van der Waals surface area contributed by atoms with Crippen LogP contribution in [0.5, 0.6) is 0 Å². The number of hydrogen-bond donors (Lipinski definition) is 0. The number of thiophene rings is 1. The Balaban J connectivity index is 1.11. The fourth-order valence-corrected chi connectivity index (χ4v) is 10.3. The van der Waals surface area contributed by atoms with Crippen LogP contribution in [0.15, 0.2) is 199 Å². The van der Waals surface area contributed by atoms with Crippen LogP contribution in [-0.4, -0.2) is 19.5 Å². The molecule has 0 amide bonds. The van der Waals surface area contributed by atoms with Gasteiger partial charge >= 0.3 is 0 Å². The van der Waals surface area contributed by atoms with Gasteiger partial charge < -0.3 is 8.98 Å². The van der Waals surface area contributed by atoms with E-state index in [4.69, 9.17) is 19.4 Å². The van der Waals surface area contributed by atoms with Crippen molar-refractivity contribution in [2.24, 2.45) is 0 Å². The number of para-hydroxylation sites is 2. The maximum Gasteiger partial charge on any atom is 0.164 e. The van der Waals surface area contributed by atoms with Gasteiger partial charge in [-0.2, -0.15) is 0 Å². The number of rotatable bonds is 5. The lowest BCUT2D eigenvalue weighted by Gasteiger charge is -2.13. The number of aromatic nitrogens is 4. The summed E-state index contributed by atoms with van der Waals surface area (Å²) < 4.78 is 11.6. The molecule has 0 saturated carbocycles. The van der Waals surface area contributed by atoms with Gasteiger partial charge in [0.05, 0.1) is 16.7 Å². The van der Waals surface area contributed by atoms with Crippen LogP contribution < -0.4 is 0 Å². The molecule has 0 aliphatic carbocycles. The minimum Gasteiger partial charge on any atom is -0.456 e. The summed E-state index contributed by atoms with van der Waals surface area (Å²) in [6.45, 7) is 0. The third-order valence-corrected chi connectivity index (χ3v) is 13.2. The van der Waals surface area contributed by atoms with E-state index in [-0.39, 0.29) is 0 Å². The van der Waals surface area contributed by atoms with Crippen molar-refractivity contribution in [1.82, 2.24) is 19.5 Å². The minimum atomic E-state index is 0.574. The highest BCUT2D eigenvalue weighted by molar-refractivity contribution is 7.25. The van der Waals surface area contributed by atoms with Crippen LogP contribution in [0.25, 0.3) is 126 Å². The van der Waals surface area contributed by atoms with Crippen LogP contribution in [0.2, 0.25) is 0 Å². The Morgan fingerprint density at radius 2 is 1.03 bits per heavy atom. The van der Waals surface area contributed by atoms with E-state index in [1.165, 1.54) is 41.7 Å². The maximum absolute atomic E-state index is 6.74. The van der Waals surface area contributed by atoms with Crippen molar-refractivity contribution >= 4 is 86.0 Å². The van der Waals surface area contributed by atoms with Gasteiger partial charge in [0.25, 0.3) is 0 Å². The molecule has 4 aromatic heterocycles. The van der Waals surface area contributed by atoms with Crippen molar-refractivity contribution in [3.05, 3.63) is 194 Å². The zero-order valence-corrected chi connectivity index (χ0v) is 33.4. The fourth-order valence-electron chi connectivity index (χ4n) is 9.17.